The molecular weight excluding hydrogens is 518 g/mol. The molecule has 0 bridgehead atoms. The highest BCUT2D eigenvalue weighted by Gasteiger charge is 2.29. The van der Waals surface area contributed by atoms with E-state index in [1.807, 2.05) is 60.7 Å². The summed E-state index contributed by atoms with van der Waals surface area (Å²) in [6, 6.07) is 24.4. The first-order valence-electron chi connectivity index (χ1n) is 14.2. The number of benzene rings is 3. The summed E-state index contributed by atoms with van der Waals surface area (Å²) in [7, 11) is 0. The van der Waals surface area contributed by atoms with Crippen molar-refractivity contribution in [3.8, 4) is 11.5 Å². The molecule has 41 heavy (non-hydrogen) atoms. The monoisotopic (exact) mass is 557 g/mol. The lowest BCUT2D eigenvalue weighted by molar-refractivity contribution is -0.143. The Hall–Kier alpha value is -4.46. The van der Waals surface area contributed by atoms with Crippen molar-refractivity contribution in [1.82, 2.24) is 0 Å². The number of carbonyl (C=O) groups is 1. The lowest BCUT2D eigenvalue weighted by atomic mass is 10.1. The van der Waals surface area contributed by atoms with Gasteiger partial charge in [-0.1, -0.05) is 71.9 Å². The van der Waals surface area contributed by atoms with Crippen LogP contribution in [0, 0.1) is 0 Å². The van der Waals surface area contributed by atoms with Gasteiger partial charge in [0.15, 0.2) is 17.7 Å². The number of nitrogens with zero attached hydrogens (tertiary/aromatic N) is 2. The molecule has 8 heteroatoms. The number of hydrogen-bond acceptors (Lipinski definition) is 7. The summed E-state index contributed by atoms with van der Waals surface area (Å²) in [5.74, 6) is 1.28. The normalized spacial score (nSPS) is 14.9. The topological polar surface area (TPSA) is 107 Å². The molecule has 216 valence electrons. The first-order chi connectivity index (χ1) is 20.1. The number of fused-ring (bicyclic) bond motifs is 1. The van der Waals surface area contributed by atoms with Crippen molar-refractivity contribution in [2.24, 2.45) is 10.9 Å². The lowest BCUT2D eigenvalue weighted by Gasteiger charge is -2.36. The van der Waals surface area contributed by atoms with Crippen LogP contribution in [0.3, 0.4) is 0 Å². The number of nitrogens with two attached hydrogens (primary N) is 1. The third kappa shape index (κ3) is 8.76. The summed E-state index contributed by atoms with van der Waals surface area (Å²) in [5, 5.41) is 12.4. The highest BCUT2D eigenvalue weighted by molar-refractivity contribution is 5.87. The Bertz CT molecular complexity index is 1310. The van der Waals surface area contributed by atoms with Gasteiger partial charge in [-0.15, -0.1) is 0 Å². The summed E-state index contributed by atoms with van der Waals surface area (Å²) < 4.78 is 17.2. The standard InChI is InChI=1S/C33H39N3O5/c1-2-39-31(37)15-9-22-36-24-30(33(34)35-38)41-32-27(13-8-14-29(32)36)19-16-26-17-20-28(21-18-26)40-23-7-6-12-25-10-4-3-5-11-25/h3-5,8,10-11,13-14,16-21,30,38H,2,6-7,9,12,15,22-24H2,1H3,(H2,34,35)/b19-16-. The number of oxime groups is 1. The second kappa shape index (κ2) is 15.4. The Morgan fingerprint density at radius 2 is 1.85 bits per heavy atom. The summed E-state index contributed by atoms with van der Waals surface area (Å²) >= 11 is 0. The van der Waals surface area contributed by atoms with E-state index in [0.29, 0.717) is 44.9 Å². The molecule has 3 N–H and O–H groups in total. The number of para-hydroxylation sites is 1. The van der Waals surface area contributed by atoms with E-state index in [4.69, 9.17) is 19.9 Å². The van der Waals surface area contributed by atoms with Crippen molar-refractivity contribution in [2.75, 3.05) is 31.2 Å². The molecule has 1 atom stereocenters. The smallest absolute Gasteiger partial charge is 0.305 e. The second-order valence-electron chi connectivity index (χ2n) is 9.87. The van der Waals surface area contributed by atoms with Crippen molar-refractivity contribution in [3.05, 3.63) is 89.5 Å². The Balaban J connectivity index is 1.37. The van der Waals surface area contributed by atoms with Crippen molar-refractivity contribution in [2.45, 2.75) is 45.1 Å². The first kappa shape index (κ1) is 29.5. The molecule has 0 aliphatic carbocycles. The van der Waals surface area contributed by atoms with Gasteiger partial charge in [0, 0.05) is 18.5 Å². The minimum absolute atomic E-state index is 0.000444. The molecule has 0 aromatic heterocycles. The molecule has 8 nitrogen and oxygen atoms in total. The van der Waals surface area contributed by atoms with Gasteiger partial charge < -0.3 is 30.1 Å². The van der Waals surface area contributed by atoms with Gasteiger partial charge in [-0.25, -0.2) is 0 Å². The maximum Gasteiger partial charge on any atom is 0.305 e. The molecular formula is C33H39N3O5. The third-order valence-electron chi connectivity index (χ3n) is 6.88. The second-order valence-corrected chi connectivity index (χ2v) is 9.87. The van der Waals surface area contributed by atoms with Gasteiger partial charge in [0.25, 0.3) is 0 Å². The molecule has 3 aromatic rings. The van der Waals surface area contributed by atoms with Gasteiger partial charge in [0.2, 0.25) is 0 Å². The summed E-state index contributed by atoms with van der Waals surface area (Å²) in [5.41, 5.74) is 10.1. The summed E-state index contributed by atoms with van der Waals surface area (Å²) in [4.78, 5) is 13.9. The van der Waals surface area contributed by atoms with Gasteiger partial charge in [0.05, 0.1) is 25.4 Å². The molecule has 0 radical (unpaired) electrons. The van der Waals surface area contributed by atoms with Gasteiger partial charge >= 0.3 is 5.97 Å². The Labute approximate surface area is 242 Å². The van der Waals surface area contributed by atoms with Gasteiger partial charge in [0.1, 0.15) is 5.75 Å². The zero-order valence-electron chi connectivity index (χ0n) is 23.6. The fourth-order valence-electron chi connectivity index (χ4n) is 4.73. The highest BCUT2D eigenvalue weighted by atomic mass is 16.5. The molecule has 0 fully saturated rings. The summed E-state index contributed by atoms with van der Waals surface area (Å²) in [6.45, 7) is 3.86. The largest absolute Gasteiger partial charge is 0.494 e. The van der Waals surface area contributed by atoms with Crippen LogP contribution in [-0.4, -0.2) is 49.4 Å². The number of ether oxygens (including phenoxy) is 3. The number of hydrogen-bond donors (Lipinski definition) is 2. The van der Waals surface area contributed by atoms with E-state index < -0.39 is 6.10 Å². The van der Waals surface area contributed by atoms with Crippen molar-refractivity contribution in [1.29, 1.82) is 0 Å². The number of carbonyl (C=O) groups excluding carboxylic acids is 1. The van der Waals surface area contributed by atoms with Crippen LogP contribution < -0.4 is 20.1 Å². The van der Waals surface area contributed by atoms with Crippen LogP contribution in [0.2, 0.25) is 0 Å². The highest BCUT2D eigenvalue weighted by Crippen LogP contribution is 2.38. The van der Waals surface area contributed by atoms with Crippen LogP contribution in [-0.2, 0) is 16.0 Å². The molecule has 1 heterocycles. The zero-order chi connectivity index (χ0) is 28.9. The maximum atomic E-state index is 11.8. The Morgan fingerprint density at radius 3 is 2.61 bits per heavy atom. The van der Waals surface area contributed by atoms with Gasteiger partial charge in [-0.3, -0.25) is 4.79 Å². The Morgan fingerprint density at radius 1 is 1.05 bits per heavy atom. The predicted octanol–water partition coefficient (Wildman–Crippen LogP) is 5.92. The van der Waals surface area contributed by atoms with E-state index in [1.165, 1.54) is 5.56 Å². The van der Waals surface area contributed by atoms with Crippen molar-refractivity contribution in [3.63, 3.8) is 0 Å². The van der Waals surface area contributed by atoms with Crippen molar-refractivity contribution >= 4 is 29.6 Å². The molecule has 0 spiro atoms. The first-order valence-corrected chi connectivity index (χ1v) is 14.2. The summed E-state index contributed by atoms with van der Waals surface area (Å²) in [6.07, 6.45) is 7.48. The minimum Gasteiger partial charge on any atom is -0.494 e. The van der Waals surface area contributed by atoms with E-state index in [-0.39, 0.29) is 11.8 Å². The van der Waals surface area contributed by atoms with Crippen LogP contribution in [0.1, 0.15) is 49.3 Å². The molecule has 0 saturated carbocycles. The third-order valence-corrected chi connectivity index (χ3v) is 6.88. The SMILES string of the molecule is CCOC(=O)CCCN1CC(/C(N)=N\O)Oc2c(/C=C\c3ccc(OCCCCc4ccccc4)cc3)cccc21. The molecule has 0 amide bonds. The number of unbranched alkanes of at least 4 members (excludes halogenated alkanes) is 1. The quantitative estimate of drug-likeness (QED) is 0.0482. The van der Waals surface area contributed by atoms with E-state index in [0.717, 1.165) is 41.8 Å². The van der Waals surface area contributed by atoms with Gasteiger partial charge in [-0.05, 0) is 61.9 Å². The molecule has 1 aliphatic heterocycles. The lowest BCUT2D eigenvalue weighted by Crippen LogP contribution is -2.47. The fourth-order valence-corrected chi connectivity index (χ4v) is 4.73. The number of amidine groups is 1. The van der Waals surface area contributed by atoms with Crippen LogP contribution in [0.4, 0.5) is 5.69 Å². The van der Waals surface area contributed by atoms with E-state index >= 15 is 0 Å². The van der Waals surface area contributed by atoms with Crippen molar-refractivity contribution < 1.29 is 24.2 Å². The fraction of sp³-hybridized carbons (Fsp3) is 0.333. The van der Waals surface area contributed by atoms with Gasteiger partial charge in [-0.2, -0.15) is 0 Å². The molecule has 1 unspecified atom stereocenters. The maximum absolute atomic E-state index is 11.8. The number of aryl methyl sites for hydroxylation is 1. The number of rotatable bonds is 14. The predicted molar refractivity (Wildman–Crippen MR) is 163 cm³/mol. The van der Waals surface area contributed by atoms with Crippen LogP contribution in [0.15, 0.2) is 78.0 Å². The molecule has 3 aromatic carbocycles. The van der Waals surface area contributed by atoms with Crippen LogP contribution >= 0.6 is 0 Å². The number of anilines is 1. The average molecular weight is 558 g/mol. The van der Waals surface area contributed by atoms with E-state index in [9.17, 15) is 10.0 Å². The Kier molecular flexibility index (Phi) is 11.1. The minimum atomic E-state index is -0.617. The van der Waals surface area contributed by atoms with Crippen LogP contribution in [0.5, 0.6) is 11.5 Å². The molecule has 0 saturated heterocycles. The van der Waals surface area contributed by atoms with E-state index in [1.54, 1.807) is 6.92 Å². The number of esters is 1. The van der Waals surface area contributed by atoms with Crippen LogP contribution in [0.25, 0.3) is 12.2 Å². The van der Waals surface area contributed by atoms with E-state index in [2.05, 4.69) is 34.3 Å². The molecule has 4 rings (SSSR count). The molecule has 1 aliphatic rings. The zero-order valence-corrected chi connectivity index (χ0v) is 23.6. The average Bonchev–Trinajstić information content (AvgIpc) is 3.00.